The summed E-state index contributed by atoms with van der Waals surface area (Å²) in [5.74, 6) is 0.449. The van der Waals surface area contributed by atoms with Crippen LogP contribution in [0.5, 0.6) is 0 Å². The van der Waals surface area contributed by atoms with Crippen molar-refractivity contribution in [1.29, 1.82) is 0 Å². The van der Waals surface area contributed by atoms with Gasteiger partial charge in [0.15, 0.2) is 0 Å². The molecule has 1 aliphatic rings. The molecule has 0 N–H and O–H groups in total. The molecule has 5 heteroatoms. The molecule has 208 valence electrons. The van der Waals surface area contributed by atoms with Crippen molar-refractivity contribution in [2.75, 3.05) is 19.0 Å². The Kier molecular flexibility index (Phi) is 10.8. The quantitative estimate of drug-likeness (QED) is 0.168. The van der Waals surface area contributed by atoms with Gasteiger partial charge in [-0.3, -0.25) is 4.90 Å². The van der Waals surface area contributed by atoms with Crippen LogP contribution < -0.4 is 0 Å². The summed E-state index contributed by atoms with van der Waals surface area (Å²) < 4.78 is 20.0. The Morgan fingerprint density at radius 3 is 1.45 bits per heavy atom. The van der Waals surface area contributed by atoms with Crippen molar-refractivity contribution >= 4 is 11.6 Å². The molecule has 1 heterocycles. The molecule has 4 aromatic rings. The van der Waals surface area contributed by atoms with E-state index in [-0.39, 0.29) is 24.4 Å². The van der Waals surface area contributed by atoms with Gasteiger partial charge >= 0.3 is 0 Å². The maximum atomic E-state index is 6.72. The van der Waals surface area contributed by atoms with Crippen LogP contribution in [0.2, 0.25) is 0 Å². The van der Waals surface area contributed by atoms with Gasteiger partial charge in [0.25, 0.3) is 0 Å². The van der Waals surface area contributed by atoms with E-state index in [0.717, 1.165) is 36.2 Å². The summed E-state index contributed by atoms with van der Waals surface area (Å²) >= 11 is 6.72. The molecular formula is C35H38ClNO3. The Bertz CT molecular complexity index is 1240. The highest BCUT2D eigenvalue weighted by atomic mass is 35.5. The largest absolute Gasteiger partial charge is 0.369 e. The zero-order valence-corrected chi connectivity index (χ0v) is 23.6. The van der Waals surface area contributed by atoms with Crippen molar-refractivity contribution in [3.05, 3.63) is 144 Å². The molecule has 0 aliphatic carbocycles. The molecule has 1 fully saturated rings. The number of halogens is 1. The van der Waals surface area contributed by atoms with E-state index in [0.29, 0.717) is 25.7 Å². The van der Waals surface area contributed by atoms with Gasteiger partial charge in [0, 0.05) is 19.0 Å². The molecule has 0 radical (unpaired) electrons. The summed E-state index contributed by atoms with van der Waals surface area (Å²) in [6.07, 6.45) is 0.219. The molecule has 1 aliphatic heterocycles. The SMILES string of the molecule is ClC[C@@H]1[C@@H](OCc2ccccc2)[C@H](OCc2ccccc2)[C@@H](OCc2ccccc2)CN1CCc1ccccc1. The van der Waals surface area contributed by atoms with Crippen LogP contribution in [0.25, 0.3) is 0 Å². The first kappa shape index (κ1) is 28.5. The number of piperidine rings is 1. The third-order valence-electron chi connectivity index (χ3n) is 7.52. The Labute approximate surface area is 243 Å². The molecular weight excluding hydrogens is 518 g/mol. The average Bonchev–Trinajstić information content (AvgIpc) is 3.02. The standard InChI is InChI=1S/C35H38ClNO3/c36-23-32-34(39-26-30-17-9-3-10-18-30)35(40-27-31-19-11-4-12-20-31)33(38-25-29-15-7-2-8-16-29)24-37(32)22-21-28-13-5-1-6-14-28/h1-20,32-35H,21-27H2/t32-,33+,34-,35-/m1/s1. The number of hydrogen-bond acceptors (Lipinski definition) is 4. The maximum absolute atomic E-state index is 6.72. The second-order valence-corrected chi connectivity index (χ2v) is 10.6. The first-order valence-electron chi connectivity index (χ1n) is 14.1. The van der Waals surface area contributed by atoms with Gasteiger partial charge in [0.1, 0.15) is 12.2 Å². The molecule has 40 heavy (non-hydrogen) atoms. The molecule has 4 atom stereocenters. The fraction of sp³-hybridized carbons (Fsp3) is 0.314. The second-order valence-electron chi connectivity index (χ2n) is 10.3. The van der Waals surface area contributed by atoms with E-state index in [1.807, 2.05) is 54.6 Å². The van der Waals surface area contributed by atoms with E-state index in [1.54, 1.807) is 0 Å². The lowest BCUT2D eigenvalue weighted by molar-refractivity contribution is -0.200. The van der Waals surface area contributed by atoms with Gasteiger partial charge < -0.3 is 14.2 Å². The molecule has 0 amide bonds. The molecule has 0 bridgehead atoms. The van der Waals surface area contributed by atoms with Crippen molar-refractivity contribution in [2.45, 2.75) is 50.6 Å². The molecule has 0 spiro atoms. The lowest BCUT2D eigenvalue weighted by Gasteiger charge is -2.48. The summed E-state index contributed by atoms with van der Waals surface area (Å²) in [7, 11) is 0. The summed E-state index contributed by atoms with van der Waals surface area (Å²) in [4.78, 5) is 2.44. The summed E-state index contributed by atoms with van der Waals surface area (Å²) in [6, 6.07) is 41.5. The average molecular weight is 556 g/mol. The van der Waals surface area contributed by atoms with E-state index >= 15 is 0 Å². The number of rotatable bonds is 13. The second kappa shape index (κ2) is 15.1. The zero-order valence-electron chi connectivity index (χ0n) is 22.9. The summed E-state index contributed by atoms with van der Waals surface area (Å²) in [6.45, 7) is 3.08. The van der Waals surface area contributed by atoms with Crippen LogP contribution in [0, 0.1) is 0 Å². The van der Waals surface area contributed by atoms with Crippen LogP contribution in [0.1, 0.15) is 22.3 Å². The summed E-state index contributed by atoms with van der Waals surface area (Å²) in [5.41, 5.74) is 4.70. The number of ether oxygens (including phenoxy) is 3. The molecule has 0 unspecified atom stereocenters. The topological polar surface area (TPSA) is 30.9 Å². The van der Waals surface area contributed by atoms with Crippen molar-refractivity contribution < 1.29 is 14.2 Å². The van der Waals surface area contributed by atoms with Crippen molar-refractivity contribution in [3.63, 3.8) is 0 Å². The Balaban J connectivity index is 1.40. The van der Waals surface area contributed by atoms with Gasteiger partial charge in [-0.15, -0.1) is 11.6 Å². The molecule has 0 saturated carbocycles. The highest BCUT2D eigenvalue weighted by Gasteiger charge is 2.45. The van der Waals surface area contributed by atoms with Gasteiger partial charge in [-0.1, -0.05) is 121 Å². The Morgan fingerprint density at radius 1 is 0.550 bits per heavy atom. The van der Waals surface area contributed by atoms with Gasteiger partial charge in [0.05, 0.1) is 32.0 Å². The predicted molar refractivity (Wildman–Crippen MR) is 161 cm³/mol. The minimum absolute atomic E-state index is 0.00793. The predicted octanol–water partition coefficient (Wildman–Crippen LogP) is 6.91. The third-order valence-corrected chi connectivity index (χ3v) is 7.84. The zero-order chi connectivity index (χ0) is 27.4. The third kappa shape index (κ3) is 8.03. The van der Waals surface area contributed by atoms with Crippen LogP contribution in [0.3, 0.4) is 0 Å². The first-order valence-corrected chi connectivity index (χ1v) is 14.6. The monoisotopic (exact) mass is 555 g/mol. The number of nitrogens with zero attached hydrogens (tertiary/aromatic N) is 1. The Hall–Kier alpha value is -2.99. The number of hydrogen-bond donors (Lipinski definition) is 0. The van der Waals surface area contributed by atoms with Crippen LogP contribution in [-0.2, 0) is 40.5 Å². The van der Waals surface area contributed by atoms with E-state index in [2.05, 4.69) is 71.6 Å². The smallest absolute Gasteiger partial charge is 0.113 e. The van der Waals surface area contributed by atoms with Gasteiger partial charge in [-0.25, -0.2) is 0 Å². The van der Waals surface area contributed by atoms with Gasteiger partial charge in [0.2, 0.25) is 0 Å². The van der Waals surface area contributed by atoms with E-state index in [4.69, 9.17) is 25.8 Å². The molecule has 5 rings (SSSR count). The molecule has 4 nitrogen and oxygen atoms in total. The van der Waals surface area contributed by atoms with E-state index in [9.17, 15) is 0 Å². The first-order chi connectivity index (χ1) is 19.8. The number of alkyl halides is 1. The lowest BCUT2D eigenvalue weighted by atomic mass is 9.93. The van der Waals surface area contributed by atoms with Crippen LogP contribution >= 0.6 is 11.6 Å². The molecule has 0 aromatic heterocycles. The van der Waals surface area contributed by atoms with Crippen LogP contribution in [0.15, 0.2) is 121 Å². The minimum Gasteiger partial charge on any atom is -0.369 e. The normalized spacial score (nSPS) is 21.3. The van der Waals surface area contributed by atoms with Crippen LogP contribution in [-0.4, -0.2) is 48.2 Å². The van der Waals surface area contributed by atoms with Gasteiger partial charge in [-0.2, -0.15) is 0 Å². The van der Waals surface area contributed by atoms with Crippen molar-refractivity contribution in [2.24, 2.45) is 0 Å². The number of likely N-dealkylation sites (tertiary alicyclic amines) is 1. The Morgan fingerprint density at radius 2 is 0.975 bits per heavy atom. The minimum atomic E-state index is -0.274. The fourth-order valence-corrected chi connectivity index (χ4v) is 5.71. The van der Waals surface area contributed by atoms with E-state index in [1.165, 1.54) is 5.56 Å². The maximum Gasteiger partial charge on any atom is 0.113 e. The van der Waals surface area contributed by atoms with Crippen molar-refractivity contribution in [3.8, 4) is 0 Å². The fourth-order valence-electron chi connectivity index (χ4n) is 5.34. The number of benzene rings is 4. The highest BCUT2D eigenvalue weighted by Crippen LogP contribution is 2.29. The molecule has 1 saturated heterocycles. The van der Waals surface area contributed by atoms with E-state index < -0.39 is 0 Å². The molecule has 4 aromatic carbocycles. The highest BCUT2D eigenvalue weighted by molar-refractivity contribution is 6.18. The van der Waals surface area contributed by atoms with Gasteiger partial charge in [-0.05, 0) is 28.7 Å². The van der Waals surface area contributed by atoms with Crippen LogP contribution in [0.4, 0.5) is 0 Å². The lowest BCUT2D eigenvalue weighted by Crippen LogP contribution is -2.64. The van der Waals surface area contributed by atoms with Crippen molar-refractivity contribution in [1.82, 2.24) is 4.90 Å². The summed E-state index contributed by atoms with van der Waals surface area (Å²) in [5, 5.41) is 0.